The van der Waals surface area contributed by atoms with Crippen LogP contribution >= 0.6 is 24.0 Å². The number of piperidine rings is 1. The van der Waals surface area contributed by atoms with Gasteiger partial charge in [-0.25, -0.2) is 0 Å². The lowest BCUT2D eigenvalue weighted by Crippen LogP contribution is -2.48. The molecule has 0 aliphatic carbocycles. The van der Waals surface area contributed by atoms with E-state index in [4.69, 9.17) is 4.74 Å². The highest BCUT2D eigenvalue weighted by atomic mass is 127. The number of halogens is 1. The molecule has 0 bridgehead atoms. The molecular weight excluding hydrogens is 407 g/mol. The van der Waals surface area contributed by atoms with Crippen molar-refractivity contribution in [1.82, 2.24) is 15.1 Å². The van der Waals surface area contributed by atoms with Gasteiger partial charge in [0.2, 0.25) is 0 Å². The lowest BCUT2D eigenvalue weighted by molar-refractivity contribution is -0.146. The molecule has 7 heteroatoms. The van der Waals surface area contributed by atoms with E-state index in [-0.39, 0.29) is 35.9 Å². The number of nitrogens with one attached hydrogen (secondary N) is 1. The van der Waals surface area contributed by atoms with Crippen molar-refractivity contribution in [1.29, 1.82) is 0 Å². The van der Waals surface area contributed by atoms with E-state index in [0.717, 1.165) is 51.4 Å². The zero-order chi connectivity index (χ0) is 16.5. The number of likely N-dealkylation sites (N-methyl/N-ethyl adjacent to an activating group) is 1. The van der Waals surface area contributed by atoms with Crippen molar-refractivity contribution in [2.45, 2.75) is 39.2 Å². The Morgan fingerprint density at radius 1 is 1.43 bits per heavy atom. The number of esters is 1. The molecule has 136 valence electrons. The second-order valence-corrected chi connectivity index (χ2v) is 6.00. The third kappa shape index (κ3) is 7.24. The van der Waals surface area contributed by atoms with Crippen LogP contribution in [0.3, 0.4) is 0 Å². The molecule has 1 fully saturated rings. The topological polar surface area (TPSA) is 57.2 Å². The first-order valence-corrected chi connectivity index (χ1v) is 8.27. The molecule has 1 N–H and O–H groups in total. The van der Waals surface area contributed by atoms with E-state index in [1.165, 1.54) is 7.11 Å². The zero-order valence-electron chi connectivity index (χ0n) is 15.2. The number of ether oxygens (including phenoxy) is 1. The van der Waals surface area contributed by atoms with Gasteiger partial charge in [-0.2, -0.15) is 0 Å². The lowest BCUT2D eigenvalue weighted by atomic mass is 9.97. The van der Waals surface area contributed by atoms with Crippen LogP contribution in [-0.2, 0) is 9.53 Å². The Morgan fingerprint density at radius 2 is 2.04 bits per heavy atom. The Kier molecular flexibility index (Phi) is 11.6. The Balaban J connectivity index is 0.00000484. The monoisotopic (exact) mass is 440 g/mol. The first-order chi connectivity index (χ1) is 10.5. The third-order valence-corrected chi connectivity index (χ3v) is 4.63. The van der Waals surface area contributed by atoms with Gasteiger partial charge in [-0.1, -0.05) is 6.92 Å². The van der Waals surface area contributed by atoms with Crippen LogP contribution in [0.2, 0.25) is 0 Å². The van der Waals surface area contributed by atoms with Gasteiger partial charge in [0.05, 0.1) is 13.0 Å². The average Bonchev–Trinajstić information content (AvgIpc) is 2.57. The van der Waals surface area contributed by atoms with E-state index in [0.29, 0.717) is 6.04 Å². The predicted octanol–water partition coefficient (Wildman–Crippen LogP) is 1.80. The third-order valence-electron chi connectivity index (χ3n) is 4.63. The maximum atomic E-state index is 11.6. The summed E-state index contributed by atoms with van der Waals surface area (Å²) >= 11 is 0. The van der Waals surface area contributed by atoms with Crippen LogP contribution in [-0.4, -0.2) is 75.2 Å². The molecule has 6 nitrogen and oxygen atoms in total. The van der Waals surface area contributed by atoms with E-state index in [1.54, 1.807) is 0 Å². The van der Waals surface area contributed by atoms with Gasteiger partial charge < -0.3 is 19.9 Å². The molecule has 0 aromatic carbocycles. The molecule has 0 amide bonds. The van der Waals surface area contributed by atoms with Gasteiger partial charge in [0.1, 0.15) is 0 Å². The van der Waals surface area contributed by atoms with Crippen molar-refractivity contribution < 1.29 is 9.53 Å². The van der Waals surface area contributed by atoms with Crippen LogP contribution < -0.4 is 5.32 Å². The van der Waals surface area contributed by atoms with Crippen LogP contribution in [0.5, 0.6) is 0 Å². The molecule has 0 aromatic heterocycles. The minimum Gasteiger partial charge on any atom is -0.469 e. The molecule has 1 unspecified atom stereocenters. The molecule has 1 rings (SSSR count). The van der Waals surface area contributed by atoms with Gasteiger partial charge in [0, 0.05) is 39.3 Å². The van der Waals surface area contributed by atoms with Crippen molar-refractivity contribution in [2.75, 3.05) is 47.4 Å². The highest BCUT2D eigenvalue weighted by Crippen LogP contribution is 2.18. The fourth-order valence-electron chi connectivity index (χ4n) is 2.70. The summed E-state index contributed by atoms with van der Waals surface area (Å²) in [4.78, 5) is 20.5. The summed E-state index contributed by atoms with van der Waals surface area (Å²) in [6.45, 7) is 8.02. The van der Waals surface area contributed by atoms with Crippen LogP contribution in [0, 0.1) is 5.92 Å². The number of hydrogen-bond acceptors (Lipinski definition) is 4. The van der Waals surface area contributed by atoms with Crippen molar-refractivity contribution in [2.24, 2.45) is 10.9 Å². The van der Waals surface area contributed by atoms with Gasteiger partial charge in [-0.15, -0.1) is 24.0 Å². The van der Waals surface area contributed by atoms with Crippen LogP contribution in [0.25, 0.3) is 0 Å². The van der Waals surface area contributed by atoms with Gasteiger partial charge in [-0.3, -0.25) is 9.79 Å². The lowest BCUT2D eigenvalue weighted by Gasteiger charge is -2.33. The summed E-state index contributed by atoms with van der Waals surface area (Å²) in [7, 11) is 5.43. The smallest absolute Gasteiger partial charge is 0.308 e. The van der Waals surface area contributed by atoms with E-state index >= 15 is 0 Å². The fraction of sp³-hybridized carbons (Fsp3) is 0.875. The van der Waals surface area contributed by atoms with Gasteiger partial charge in [0.15, 0.2) is 5.96 Å². The van der Waals surface area contributed by atoms with Crippen LogP contribution in [0.1, 0.15) is 33.1 Å². The first-order valence-electron chi connectivity index (χ1n) is 8.27. The second-order valence-electron chi connectivity index (χ2n) is 6.00. The van der Waals surface area contributed by atoms with Crippen LogP contribution in [0.15, 0.2) is 4.99 Å². The Hall–Kier alpha value is -0.570. The number of carbonyl (C=O) groups is 1. The fourth-order valence-corrected chi connectivity index (χ4v) is 2.70. The molecular formula is C16H33IN4O2. The highest BCUT2D eigenvalue weighted by molar-refractivity contribution is 14.0. The number of nitrogens with zero attached hydrogens (tertiary/aromatic N) is 3. The molecule has 0 radical (unpaired) electrons. The van der Waals surface area contributed by atoms with E-state index in [2.05, 4.69) is 41.0 Å². The highest BCUT2D eigenvalue weighted by Gasteiger charge is 2.26. The number of likely N-dealkylation sites (tertiary alicyclic amines) is 1. The van der Waals surface area contributed by atoms with Crippen molar-refractivity contribution >= 4 is 35.9 Å². The summed E-state index contributed by atoms with van der Waals surface area (Å²) < 4.78 is 4.83. The minimum atomic E-state index is -0.0854. The number of guanidine groups is 1. The van der Waals surface area contributed by atoms with Crippen molar-refractivity contribution in [3.05, 3.63) is 0 Å². The molecule has 1 saturated heterocycles. The molecule has 1 heterocycles. The largest absolute Gasteiger partial charge is 0.469 e. The zero-order valence-corrected chi connectivity index (χ0v) is 17.5. The SMILES string of the molecule is CCC(C)N(C)CCNC(=NC)N1CCC(C(=O)OC)CC1.I. The van der Waals surface area contributed by atoms with E-state index < -0.39 is 0 Å². The van der Waals surface area contributed by atoms with Crippen molar-refractivity contribution in [3.8, 4) is 0 Å². The first kappa shape index (κ1) is 22.4. The Morgan fingerprint density at radius 3 is 2.52 bits per heavy atom. The summed E-state index contributed by atoms with van der Waals surface area (Å²) in [6, 6.07) is 0.597. The standard InChI is InChI=1S/C16H32N4O2.HI/c1-6-13(2)19(4)12-9-18-16(17-3)20-10-7-14(8-11-20)15(21)22-5;/h13-14H,6-12H2,1-5H3,(H,17,18);1H. The molecule has 0 aromatic rings. The summed E-state index contributed by atoms with van der Waals surface area (Å²) in [6.07, 6.45) is 2.83. The van der Waals surface area contributed by atoms with Crippen LogP contribution in [0.4, 0.5) is 0 Å². The summed E-state index contributed by atoms with van der Waals surface area (Å²) in [5.41, 5.74) is 0. The quantitative estimate of drug-likeness (QED) is 0.296. The number of carbonyl (C=O) groups excluding carboxylic acids is 1. The maximum absolute atomic E-state index is 11.6. The van der Waals surface area contributed by atoms with Gasteiger partial charge in [-0.05, 0) is 33.2 Å². The molecule has 1 aliphatic heterocycles. The van der Waals surface area contributed by atoms with Gasteiger partial charge in [0.25, 0.3) is 0 Å². The summed E-state index contributed by atoms with van der Waals surface area (Å²) in [5.74, 6) is 0.884. The van der Waals surface area contributed by atoms with Crippen molar-refractivity contribution in [3.63, 3.8) is 0 Å². The second kappa shape index (κ2) is 11.9. The van der Waals surface area contributed by atoms with Gasteiger partial charge >= 0.3 is 5.97 Å². The normalized spacial score (nSPS) is 17.7. The maximum Gasteiger partial charge on any atom is 0.308 e. The Bertz CT molecular complexity index is 371. The summed E-state index contributed by atoms with van der Waals surface area (Å²) in [5, 5.41) is 3.43. The number of rotatable bonds is 6. The number of hydrogen-bond donors (Lipinski definition) is 1. The molecule has 1 aliphatic rings. The average molecular weight is 440 g/mol. The predicted molar refractivity (Wildman–Crippen MR) is 105 cm³/mol. The molecule has 0 spiro atoms. The van der Waals surface area contributed by atoms with E-state index in [9.17, 15) is 4.79 Å². The molecule has 0 saturated carbocycles. The number of aliphatic imine (C=N–C) groups is 1. The number of methoxy groups -OCH3 is 1. The van der Waals surface area contributed by atoms with E-state index in [1.807, 2.05) is 7.05 Å². The molecule has 23 heavy (non-hydrogen) atoms. The Labute approximate surface area is 158 Å². The minimum absolute atomic E-state index is 0. The molecule has 1 atom stereocenters.